The lowest BCUT2D eigenvalue weighted by Crippen LogP contribution is -2.30. The van der Waals surface area contributed by atoms with Crippen LogP contribution in [0, 0.1) is 0 Å². The summed E-state index contributed by atoms with van der Waals surface area (Å²) in [6.07, 6.45) is 1.60. The molecule has 0 fully saturated rings. The van der Waals surface area contributed by atoms with E-state index >= 15 is 0 Å². The van der Waals surface area contributed by atoms with E-state index in [2.05, 4.69) is 25.8 Å². The van der Waals surface area contributed by atoms with Gasteiger partial charge >= 0.3 is 6.03 Å². The van der Waals surface area contributed by atoms with Crippen LogP contribution in [0.15, 0.2) is 82.2 Å². The van der Waals surface area contributed by atoms with E-state index in [1.807, 2.05) is 54.6 Å². The van der Waals surface area contributed by atoms with E-state index < -0.39 is 9.84 Å². The average molecular weight is 520 g/mol. The molecule has 0 atom stereocenters. The fourth-order valence-electron chi connectivity index (χ4n) is 3.55. The first kappa shape index (κ1) is 23.6. The Morgan fingerprint density at radius 2 is 1.72 bits per heavy atom. The summed E-state index contributed by atoms with van der Waals surface area (Å²) in [5, 5.41) is 9.93. The highest BCUT2D eigenvalue weighted by Gasteiger charge is 2.12. The summed E-state index contributed by atoms with van der Waals surface area (Å²) in [5.41, 5.74) is 3.22. The van der Waals surface area contributed by atoms with Crippen LogP contribution in [-0.4, -0.2) is 42.4 Å². The molecular weight excluding hydrogens is 498 g/mol. The third-order valence-electron chi connectivity index (χ3n) is 5.33. The monoisotopic (exact) mass is 519 g/mol. The number of hydrogen-bond acceptors (Lipinski definition) is 8. The standard InChI is InChI=1S/C25H21N5O4S2/c1-36(32,33)19-9-5-8-17(14-19)18-10-11-20-21(15-18)35-25(27-20)29-24(31)26-13-12-22-28-23(34-30-22)16-6-3-2-4-7-16/h2-11,14-15H,12-13H2,1H3,(H2,26,27,29,31). The lowest BCUT2D eigenvalue weighted by molar-refractivity contribution is 0.252. The van der Waals surface area contributed by atoms with E-state index in [-0.39, 0.29) is 10.9 Å². The lowest BCUT2D eigenvalue weighted by atomic mass is 10.1. The van der Waals surface area contributed by atoms with Crippen molar-refractivity contribution in [1.82, 2.24) is 20.4 Å². The largest absolute Gasteiger partial charge is 0.337 e. The summed E-state index contributed by atoms with van der Waals surface area (Å²) in [6.45, 7) is 0.325. The molecule has 0 aliphatic rings. The number of nitrogens with zero attached hydrogens (tertiary/aromatic N) is 3. The van der Waals surface area contributed by atoms with Gasteiger partial charge in [-0.3, -0.25) is 5.32 Å². The fraction of sp³-hybridized carbons (Fsp3) is 0.120. The van der Waals surface area contributed by atoms with Crippen molar-refractivity contribution in [2.75, 3.05) is 18.1 Å². The van der Waals surface area contributed by atoms with Crippen molar-refractivity contribution in [3.63, 3.8) is 0 Å². The Balaban J connectivity index is 1.20. The molecule has 5 rings (SSSR count). The molecule has 182 valence electrons. The molecule has 2 aromatic heterocycles. The molecule has 0 bridgehead atoms. The SMILES string of the molecule is CS(=O)(=O)c1cccc(-c2ccc3nc(NC(=O)NCCc4noc(-c5ccccc5)n4)sc3c2)c1. The van der Waals surface area contributed by atoms with Crippen molar-refractivity contribution in [2.45, 2.75) is 11.3 Å². The Labute approximate surface area is 211 Å². The van der Waals surface area contributed by atoms with E-state index in [0.29, 0.717) is 29.8 Å². The Hall–Kier alpha value is -4.09. The van der Waals surface area contributed by atoms with Crippen LogP contribution in [0.3, 0.4) is 0 Å². The van der Waals surface area contributed by atoms with E-state index in [1.165, 1.54) is 17.6 Å². The average Bonchev–Trinajstić information content (AvgIpc) is 3.50. The predicted octanol–water partition coefficient (Wildman–Crippen LogP) is 4.78. The number of thiazole rings is 1. The van der Waals surface area contributed by atoms with E-state index in [4.69, 9.17) is 4.52 Å². The van der Waals surface area contributed by atoms with Crippen molar-refractivity contribution in [2.24, 2.45) is 0 Å². The number of aromatic nitrogens is 3. The minimum absolute atomic E-state index is 0.264. The zero-order chi connectivity index (χ0) is 25.1. The molecule has 0 saturated heterocycles. The highest BCUT2D eigenvalue weighted by atomic mass is 32.2. The lowest BCUT2D eigenvalue weighted by Gasteiger charge is -2.04. The number of urea groups is 1. The molecule has 0 aliphatic carbocycles. The van der Waals surface area contributed by atoms with Gasteiger partial charge in [0.1, 0.15) is 0 Å². The number of sulfone groups is 1. The summed E-state index contributed by atoms with van der Waals surface area (Å²) in [4.78, 5) is 21.4. The Bertz CT molecular complexity index is 1650. The van der Waals surface area contributed by atoms with E-state index in [0.717, 1.165) is 26.9 Å². The third kappa shape index (κ3) is 5.42. The summed E-state index contributed by atoms with van der Waals surface area (Å²) >= 11 is 1.33. The maximum atomic E-state index is 12.3. The highest BCUT2D eigenvalue weighted by molar-refractivity contribution is 7.90. The van der Waals surface area contributed by atoms with Crippen molar-refractivity contribution < 1.29 is 17.7 Å². The number of nitrogens with one attached hydrogen (secondary N) is 2. The van der Waals surface area contributed by atoms with E-state index in [1.54, 1.807) is 18.2 Å². The van der Waals surface area contributed by atoms with Crippen LogP contribution in [0.1, 0.15) is 5.82 Å². The van der Waals surface area contributed by atoms with Crippen molar-refractivity contribution in [3.8, 4) is 22.6 Å². The first-order chi connectivity index (χ1) is 17.3. The number of carbonyl (C=O) groups excluding carboxylic acids is 1. The predicted molar refractivity (Wildman–Crippen MR) is 139 cm³/mol. The second-order valence-electron chi connectivity index (χ2n) is 8.01. The number of anilines is 1. The van der Waals surface area contributed by atoms with Gasteiger partial charge in [0.25, 0.3) is 5.89 Å². The van der Waals surface area contributed by atoms with Gasteiger partial charge in [-0.25, -0.2) is 18.2 Å². The fourth-order valence-corrected chi connectivity index (χ4v) is 5.11. The van der Waals surface area contributed by atoms with Crippen molar-refractivity contribution in [1.29, 1.82) is 0 Å². The molecule has 0 aliphatic heterocycles. The molecule has 11 heteroatoms. The molecule has 0 radical (unpaired) electrons. The maximum absolute atomic E-state index is 12.3. The molecule has 2 amide bonds. The van der Waals surface area contributed by atoms with Gasteiger partial charge in [0.05, 0.1) is 15.1 Å². The molecule has 2 N–H and O–H groups in total. The van der Waals surface area contributed by atoms with Crippen molar-refractivity contribution in [3.05, 3.63) is 78.6 Å². The van der Waals surface area contributed by atoms with Crippen molar-refractivity contribution >= 4 is 42.6 Å². The van der Waals surface area contributed by atoms with Gasteiger partial charge in [-0.05, 0) is 47.5 Å². The molecule has 3 aromatic carbocycles. The van der Waals surface area contributed by atoms with Gasteiger partial charge in [-0.2, -0.15) is 4.98 Å². The van der Waals surface area contributed by atoms with Gasteiger partial charge in [0, 0.05) is 24.8 Å². The van der Waals surface area contributed by atoms with Gasteiger partial charge in [0.2, 0.25) is 0 Å². The minimum Gasteiger partial charge on any atom is -0.337 e. The van der Waals surface area contributed by atoms with Crippen LogP contribution in [0.25, 0.3) is 32.8 Å². The van der Waals surface area contributed by atoms with Crippen LogP contribution in [0.5, 0.6) is 0 Å². The quantitative estimate of drug-likeness (QED) is 0.317. The molecule has 9 nitrogen and oxygen atoms in total. The van der Waals surface area contributed by atoms with Gasteiger partial charge in [-0.15, -0.1) is 0 Å². The number of benzene rings is 3. The molecule has 0 unspecified atom stereocenters. The Morgan fingerprint density at radius 1 is 0.944 bits per heavy atom. The zero-order valence-corrected chi connectivity index (χ0v) is 20.8. The van der Waals surface area contributed by atoms with Crippen LogP contribution in [-0.2, 0) is 16.3 Å². The first-order valence-electron chi connectivity index (χ1n) is 11.0. The van der Waals surface area contributed by atoms with Crippen LogP contribution >= 0.6 is 11.3 Å². The summed E-state index contributed by atoms with van der Waals surface area (Å²) in [6, 6.07) is 21.5. The normalized spacial score (nSPS) is 11.5. The summed E-state index contributed by atoms with van der Waals surface area (Å²) in [7, 11) is -3.30. The van der Waals surface area contributed by atoms with Crippen LogP contribution in [0.2, 0.25) is 0 Å². The zero-order valence-electron chi connectivity index (χ0n) is 19.1. The Kier molecular flexibility index (Phi) is 6.49. The van der Waals surface area contributed by atoms with Gasteiger partial charge in [0.15, 0.2) is 20.8 Å². The minimum atomic E-state index is -3.30. The number of fused-ring (bicyclic) bond motifs is 1. The van der Waals surface area contributed by atoms with Gasteiger partial charge in [-0.1, -0.05) is 52.9 Å². The van der Waals surface area contributed by atoms with E-state index in [9.17, 15) is 13.2 Å². The smallest absolute Gasteiger partial charge is 0.321 e. The number of amides is 2. The number of hydrogen-bond donors (Lipinski definition) is 2. The topological polar surface area (TPSA) is 127 Å². The summed E-state index contributed by atoms with van der Waals surface area (Å²) < 4.78 is 29.9. The molecule has 36 heavy (non-hydrogen) atoms. The number of carbonyl (C=O) groups is 1. The maximum Gasteiger partial charge on any atom is 0.321 e. The molecule has 2 heterocycles. The second kappa shape index (κ2) is 9.88. The molecule has 0 spiro atoms. The third-order valence-corrected chi connectivity index (χ3v) is 7.37. The first-order valence-corrected chi connectivity index (χ1v) is 13.7. The van der Waals surface area contributed by atoms with Crippen LogP contribution < -0.4 is 10.6 Å². The van der Waals surface area contributed by atoms with Crippen LogP contribution in [0.4, 0.5) is 9.93 Å². The Morgan fingerprint density at radius 3 is 2.53 bits per heavy atom. The molecule has 0 saturated carbocycles. The van der Waals surface area contributed by atoms with Gasteiger partial charge < -0.3 is 9.84 Å². The second-order valence-corrected chi connectivity index (χ2v) is 11.1. The number of rotatable bonds is 7. The molecular formula is C25H21N5O4S2. The summed E-state index contributed by atoms with van der Waals surface area (Å²) in [5.74, 6) is 0.938. The molecule has 5 aromatic rings. The highest BCUT2D eigenvalue weighted by Crippen LogP contribution is 2.31.